The van der Waals surface area contributed by atoms with Crippen molar-refractivity contribution in [1.29, 1.82) is 0 Å². The van der Waals surface area contributed by atoms with Crippen molar-refractivity contribution in [3.05, 3.63) is 0 Å². The first-order valence-corrected chi connectivity index (χ1v) is 5.41. The summed E-state index contributed by atoms with van der Waals surface area (Å²) in [6.45, 7) is 6.93. The Hall–Kier alpha value is -1.06. The van der Waals surface area contributed by atoms with Crippen LogP contribution >= 0.6 is 0 Å². The maximum Gasteiger partial charge on any atom is 0.227 e. The molecule has 86 valence electrons. The third kappa shape index (κ3) is 2.30. The lowest BCUT2D eigenvalue weighted by atomic mass is 9.89. The van der Waals surface area contributed by atoms with Gasteiger partial charge >= 0.3 is 0 Å². The molecule has 0 aromatic rings. The van der Waals surface area contributed by atoms with E-state index >= 15 is 0 Å². The fraction of sp³-hybridized carbons (Fsp3) is 0.818. The molecule has 4 heteroatoms. The molecule has 0 saturated carbocycles. The lowest BCUT2D eigenvalue weighted by Crippen LogP contribution is -2.41. The van der Waals surface area contributed by atoms with E-state index in [1.165, 1.54) is 0 Å². The van der Waals surface area contributed by atoms with Gasteiger partial charge in [0, 0.05) is 26.1 Å². The first-order chi connectivity index (χ1) is 6.90. The van der Waals surface area contributed by atoms with Crippen molar-refractivity contribution in [3.8, 4) is 0 Å². The average molecular weight is 212 g/mol. The van der Waals surface area contributed by atoms with Crippen LogP contribution in [-0.4, -0.2) is 36.9 Å². The monoisotopic (exact) mass is 212 g/mol. The molecule has 1 unspecified atom stereocenters. The zero-order chi connectivity index (χ0) is 11.6. The molecule has 0 bridgehead atoms. The molecule has 1 aliphatic rings. The van der Waals surface area contributed by atoms with Gasteiger partial charge in [-0.2, -0.15) is 0 Å². The zero-order valence-corrected chi connectivity index (χ0v) is 9.96. The second kappa shape index (κ2) is 4.21. The summed E-state index contributed by atoms with van der Waals surface area (Å²) < 4.78 is 0. The molecule has 1 fully saturated rings. The van der Waals surface area contributed by atoms with Gasteiger partial charge < -0.3 is 10.2 Å². The number of carbonyl (C=O) groups is 2. The Kier molecular flexibility index (Phi) is 3.37. The van der Waals surface area contributed by atoms with Crippen molar-refractivity contribution in [2.75, 3.05) is 20.1 Å². The zero-order valence-electron chi connectivity index (χ0n) is 9.96. The Balaban J connectivity index is 2.66. The standard InChI is InChI=1S/C11H20N2O2/c1-8(2)9(14)13-6-5-11(3,7-13)10(15)12-4/h8H,5-7H2,1-4H3,(H,12,15). The van der Waals surface area contributed by atoms with E-state index in [0.29, 0.717) is 13.1 Å². The third-order valence-corrected chi connectivity index (χ3v) is 3.05. The first kappa shape index (κ1) is 12.0. The van der Waals surface area contributed by atoms with Gasteiger partial charge in [0.1, 0.15) is 0 Å². The summed E-state index contributed by atoms with van der Waals surface area (Å²) in [4.78, 5) is 25.2. The van der Waals surface area contributed by atoms with Gasteiger partial charge in [-0.05, 0) is 13.3 Å². The number of carbonyl (C=O) groups excluding carboxylic acids is 2. The lowest BCUT2D eigenvalue weighted by Gasteiger charge is -2.23. The molecule has 4 nitrogen and oxygen atoms in total. The molecule has 0 aromatic heterocycles. The summed E-state index contributed by atoms with van der Waals surface area (Å²) in [6.07, 6.45) is 0.755. The van der Waals surface area contributed by atoms with E-state index < -0.39 is 5.41 Å². The summed E-state index contributed by atoms with van der Waals surface area (Å²) in [7, 11) is 1.64. The van der Waals surface area contributed by atoms with Crippen LogP contribution in [0.1, 0.15) is 27.2 Å². The SMILES string of the molecule is CNC(=O)C1(C)CCN(C(=O)C(C)C)C1. The van der Waals surface area contributed by atoms with Crippen molar-refractivity contribution in [2.24, 2.45) is 11.3 Å². The highest BCUT2D eigenvalue weighted by Crippen LogP contribution is 2.30. The van der Waals surface area contributed by atoms with Gasteiger partial charge in [-0.15, -0.1) is 0 Å². The van der Waals surface area contributed by atoms with E-state index in [4.69, 9.17) is 0 Å². The first-order valence-electron chi connectivity index (χ1n) is 5.41. The minimum atomic E-state index is -0.403. The van der Waals surface area contributed by atoms with E-state index in [1.54, 1.807) is 11.9 Å². The minimum absolute atomic E-state index is 0.0111. The molecule has 0 aromatic carbocycles. The molecule has 1 atom stereocenters. The smallest absolute Gasteiger partial charge is 0.227 e. The number of amides is 2. The third-order valence-electron chi connectivity index (χ3n) is 3.05. The summed E-state index contributed by atoms with van der Waals surface area (Å²) in [5.74, 6) is 0.182. The topological polar surface area (TPSA) is 49.4 Å². The maximum absolute atomic E-state index is 11.7. The van der Waals surface area contributed by atoms with Crippen LogP contribution in [0.2, 0.25) is 0 Å². The van der Waals surface area contributed by atoms with Crippen molar-refractivity contribution in [1.82, 2.24) is 10.2 Å². The Labute approximate surface area is 91.0 Å². The van der Waals surface area contributed by atoms with Gasteiger partial charge in [-0.3, -0.25) is 9.59 Å². The minimum Gasteiger partial charge on any atom is -0.359 e. The van der Waals surface area contributed by atoms with E-state index in [1.807, 2.05) is 20.8 Å². The number of nitrogens with zero attached hydrogens (tertiary/aromatic N) is 1. The molecule has 1 saturated heterocycles. The van der Waals surface area contributed by atoms with E-state index in [0.717, 1.165) is 6.42 Å². The molecular weight excluding hydrogens is 192 g/mol. The van der Waals surface area contributed by atoms with Gasteiger partial charge in [0.2, 0.25) is 11.8 Å². The second-order valence-electron chi connectivity index (χ2n) is 4.80. The van der Waals surface area contributed by atoms with Crippen LogP contribution in [0.25, 0.3) is 0 Å². The van der Waals surface area contributed by atoms with Gasteiger partial charge in [0.15, 0.2) is 0 Å². The molecule has 0 spiro atoms. The number of nitrogens with one attached hydrogen (secondary N) is 1. The number of hydrogen-bond donors (Lipinski definition) is 1. The normalized spacial score (nSPS) is 25.8. The van der Waals surface area contributed by atoms with Crippen LogP contribution in [-0.2, 0) is 9.59 Å². The van der Waals surface area contributed by atoms with Crippen molar-refractivity contribution in [3.63, 3.8) is 0 Å². The molecule has 15 heavy (non-hydrogen) atoms. The highest BCUT2D eigenvalue weighted by Gasteiger charge is 2.41. The van der Waals surface area contributed by atoms with Crippen LogP contribution in [0.3, 0.4) is 0 Å². The van der Waals surface area contributed by atoms with E-state index in [9.17, 15) is 9.59 Å². The lowest BCUT2D eigenvalue weighted by molar-refractivity contribution is -0.134. The predicted molar refractivity (Wildman–Crippen MR) is 58.2 cm³/mol. The Morgan fingerprint density at radius 3 is 2.47 bits per heavy atom. The van der Waals surface area contributed by atoms with Gasteiger partial charge in [-0.1, -0.05) is 13.8 Å². The van der Waals surface area contributed by atoms with Crippen LogP contribution in [0.4, 0.5) is 0 Å². The number of hydrogen-bond acceptors (Lipinski definition) is 2. The fourth-order valence-electron chi connectivity index (χ4n) is 2.00. The van der Waals surface area contributed by atoms with Gasteiger partial charge in [0.05, 0.1) is 5.41 Å². The maximum atomic E-state index is 11.7. The van der Waals surface area contributed by atoms with Gasteiger partial charge in [0.25, 0.3) is 0 Å². The number of likely N-dealkylation sites (tertiary alicyclic amines) is 1. The predicted octanol–water partition coefficient (Wildman–Crippen LogP) is 0.627. The second-order valence-corrected chi connectivity index (χ2v) is 4.80. The molecule has 2 amide bonds. The fourth-order valence-corrected chi connectivity index (χ4v) is 2.00. The van der Waals surface area contributed by atoms with Crippen molar-refractivity contribution in [2.45, 2.75) is 27.2 Å². The summed E-state index contributed by atoms with van der Waals surface area (Å²) in [5.41, 5.74) is -0.403. The molecule has 1 aliphatic heterocycles. The van der Waals surface area contributed by atoms with Crippen molar-refractivity contribution >= 4 is 11.8 Å². The van der Waals surface area contributed by atoms with Crippen LogP contribution in [0.5, 0.6) is 0 Å². The molecule has 1 rings (SSSR count). The molecule has 1 N–H and O–H groups in total. The highest BCUT2D eigenvalue weighted by molar-refractivity contribution is 5.85. The summed E-state index contributed by atoms with van der Waals surface area (Å²) in [6, 6.07) is 0. The quantitative estimate of drug-likeness (QED) is 0.729. The average Bonchev–Trinajstić information content (AvgIpc) is 2.59. The Morgan fingerprint density at radius 1 is 1.40 bits per heavy atom. The molecule has 1 heterocycles. The van der Waals surface area contributed by atoms with E-state index in [2.05, 4.69) is 5.32 Å². The molecule has 0 radical (unpaired) electrons. The number of rotatable bonds is 2. The summed E-state index contributed by atoms with van der Waals surface area (Å²) in [5, 5.41) is 2.66. The summed E-state index contributed by atoms with van der Waals surface area (Å²) >= 11 is 0. The van der Waals surface area contributed by atoms with Crippen LogP contribution < -0.4 is 5.32 Å². The van der Waals surface area contributed by atoms with Gasteiger partial charge in [-0.25, -0.2) is 0 Å². The molecular formula is C11H20N2O2. The van der Waals surface area contributed by atoms with Crippen LogP contribution in [0, 0.1) is 11.3 Å². The largest absolute Gasteiger partial charge is 0.359 e. The molecule has 0 aliphatic carbocycles. The Morgan fingerprint density at radius 2 is 2.00 bits per heavy atom. The van der Waals surface area contributed by atoms with E-state index in [-0.39, 0.29) is 17.7 Å². The Bertz CT molecular complexity index is 276. The van der Waals surface area contributed by atoms with Crippen LogP contribution in [0.15, 0.2) is 0 Å². The highest BCUT2D eigenvalue weighted by atomic mass is 16.2. The van der Waals surface area contributed by atoms with Crippen molar-refractivity contribution < 1.29 is 9.59 Å².